The van der Waals surface area contributed by atoms with Crippen molar-refractivity contribution in [2.75, 3.05) is 0 Å². The summed E-state index contributed by atoms with van der Waals surface area (Å²) in [6.07, 6.45) is 0.997. The van der Waals surface area contributed by atoms with Crippen LogP contribution < -0.4 is 5.56 Å². The third-order valence-electron chi connectivity index (χ3n) is 5.89. The molecule has 148 valence electrons. The summed E-state index contributed by atoms with van der Waals surface area (Å²) in [5, 5.41) is 0. The predicted molar refractivity (Wildman–Crippen MR) is 97.4 cm³/mol. The van der Waals surface area contributed by atoms with E-state index in [2.05, 4.69) is 9.97 Å². The van der Waals surface area contributed by atoms with Gasteiger partial charge in [0.15, 0.2) is 5.78 Å². The lowest BCUT2D eigenvalue weighted by Gasteiger charge is -2.29. The number of Topliss-reactive ketones (excluding diaryl/α,β-unsaturated/α-hetero) is 1. The van der Waals surface area contributed by atoms with Gasteiger partial charge in [-0.2, -0.15) is 13.2 Å². The Labute approximate surface area is 160 Å². The first-order chi connectivity index (χ1) is 13.3. The molecule has 1 aromatic heterocycles. The largest absolute Gasteiger partial charge is 0.416 e. The van der Waals surface area contributed by atoms with Crippen LogP contribution in [-0.2, 0) is 11.6 Å². The second kappa shape index (κ2) is 6.87. The maximum atomic E-state index is 13.0. The fourth-order valence-electron chi connectivity index (χ4n) is 4.20. The van der Waals surface area contributed by atoms with Crippen molar-refractivity contribution < 1.29 is 18.0 Å². The Morgan fingerprint density at radius 3 is 2.36 bits per heavy atom. The second-order valence-electron chi connectivity index (χ2n) is 7.95. The number of rotatable bonds is 5. The molecule has 1 heterocycles. The van der Waals surface area contributed by atoms with Gasteiger partial charge in [0.1, 0.15) is 11.5 Å². The molecule has 1 N–H and O–H groups in total. The molecule has 7 heteroatoms. The lowest BCUT2D eigenvalue weighted by molar-refractivity contribution is -0.137. The summed E-state index contributed by atoms with van der Waals surface area (Å²) in [5.41, 5.74) is -0.621. The van der Waals surface area contributed by atoms with Gasteiger partial charge in [-0.3, -0.25) is 9.59 Å². The molecule has 28 heavy (non-hydrogen) atoms. The van der Waals surface area contributed by atoms with E-state index in [0.717, 1.165) is 56.2 Å². The standard InChI is InChI=1S/C21H21F3N2O2/c22-21(23,24)15-7-5-14(6-8-15)20(9-1-2-10-20)12-17(27)16-11-18(28)26-19(25-16)13-3-4-13/h5-8,11,13H,1-4,9-10,12H2,(H,25,26,28). The van der Waals surface area contributed by atoms with Crippen molar-refractivity contribution in [2.24, 2.45) is 0 Å². The van der Waals surface area contributed by atoms with Crippen LogP contribution in [0.3, 0.4) is 0 Å². The number of aromatic nitrogens is 2. The van der Waals surface area contributed by atoms with Gasteiger partial charge < -0.3 is 4.98 Å². The summed E-state index contributed by atoms with van der Waals surface area (Å²) in [6, 6.07) is 6.36. The third kappa shape index (κ3) is 3.75. The third-order valence-corrected chi connectivity index (χ3v) is 5.89. The average molecular weight is 390 g/mol. The van der Waals surface area contributed by atoms with Gasteiger partial charge in [0, 0.05) is 23.8 Å². The van der Waals surface area contributed by atoms with E-state index in [1.54, 1.807) is 0 Å². The first-order valence-corrected chi connectivity index (χ1v) is 9.59. The van der Waals surface area contributed by atoms with E-state index in [4.69, 9.17) is 0 Å². The highest BCUT2D eigenvalue weighted by atomic mass is 19.4. The Bertz CT molecular complexity index is 937. The van der Waals surface area contributed by atoms with Crippen molar-refractivity contribution in [2.45, 2.75) is 62.5 Å². The van der Waals surface area contributed by atoms with Gasteiger partial charge in [-0.15, -0.1) is 0 Å². The van der Waals surface area contributed by atoms with Gasteiger partial charge >= 0.3 is 6.18 Å². The van der Waals surface area contributed by atoms with Crippen molar-refractivity contribution in [1.82, 2.24) is 9.97 Å². The Morgan fingerprint density at radius 1 is 1.14 bits per heavy atom. The normalized spacial score (nSPS) is 19.0. The molecule has 0 radical (unpaired) electrons. The predicted octanol–water partition coefficient (Wildman–Crippen LogP) is 4.75. The molecule has 2 aromatic rings. The summed E-state index contributed by atoms with van der Waals surface area (Å²) < 4.78 is 38.6. The highest BCUT2D eigenvalue weighted by Gasteiger charge is 2.39. The van der Waals surface area contributed by atoms with Crippen LogP contribution in [0.5, 0.6) is 0 Å². The van der Waals surface area contributed by atoms with Gasteiger partial charge in [0.25, 0.3) is 5.56 Å². The van der Waals surface area contributed by atoms with Crippen molar-refractivity contribution in [3.8, 4) is 0 Å². The Morgan fingerprint density at radius 2 is 1.79 bits per heavy atom. The Kier molecular flexibility index (Phi) is 4.63. The fourth-order valence-corrected chi connectivity index (χ4v) is 4.20. The Hall–Kier alpha value is -2.44. The van der Waals surface area contributed by atoms with E-state index in [1.165, 1.54) is 18.2 Å². The molecular formula is C21H21F3N2O2. The maximum Gasteiger partial charge on any atom is 0.416 e. The lowest BCUT2D eigenvalue weighted by atomic mass is 9.74. The zero-order valence-corrected chi connectivity index (χ0v) is 15.3. The van der Waals surface area contributed by atoms with Crippen LogP contribution in [0.25, 0.3) is 0 Å². The molecule has 4 rings (SSSR count). The van der Waals surface area contributed by atoms with Crippen LogP contribution >= 0.6 is 0 Å². The van der Waals surface area contributed by atoms with E-state index in [0.29, 0.717) is 5.82 Å². The maximum absolute atomic E-state index is 13.0. The number of hydrogen-bond acceptors (Lipinski definition) is 3. The van der Waals surface area contributed by atoms with Crippen molar-refractivity contribution in [3.05, 3.63) is 63.3 Å². The monoisotopic (exact) mass is 390 g/mol. The van der Waals surface area contributed by atoms with Gasteiger partial charge in [-0.05, 0) is 43.4 Å². The highest BCUT2D eigenvalue weighted by molar-refractivity contribution is 5.95. The van der Waals surface area contributed by atoms with E-state index in [1.807, 2.05) is 0 Å². The van der Waals surface area contributed by atoms with Gasteiger partial charge in [0.2, 0.25) is 0 Å². The van der Waals surface area contributed by atoms with Crippen LogP contribution in [0.1, 0.15) is 78.3 Å². The number of nitrogens with zero attached hydrogens (tertiary/aromatic N) is 1. The van der Waals surface area contributed by atoms with Crippen molar-refractivity contribution >= 4 is 5.78 Å². The van der Waals surface area contributed by atoms with Gasteiger partial charge in [-0.25, -0.2) is 4.98 Å². The fraction of sp³-hybridized carbons (Fsp3) is 0.476. The molecule has 0 amide bonds. The van der Waals surface area contributed by atoms with Crippen molar-refractivity contribution in [3.63, 3.8) is 0 Å². The van der Waals surface area contributed by atoms with Crippen LogP contribution in [0.4, 0.5) is 13.2 Å². The number of ketones is 1. The molecule has 0 bridgehead atoms. The molecule has 1 aromatic carbocycles. The molecule has 2 saturated carbocycles. The number of H-pyrrole nitrogens is 1. The molecular weight excluding hydrogens is 369 g/mol. The zero-order valence-electron chi connectivity index (χ0n) is 15.3. The number of benzene rings is 1. The smallest absolute Gasteiger partial charge is 0.310 e. The summed E-state index contributed by atoms with van der Waals surface area (Å²) in [7, 11) is 0. The van der Waals surface area contributed by atoms with E-state index in [9.17, 15) is 22.8 Å². The lowest BCUT2D eigenvalue weighted by Crippen LogP contribution is -2.27. The quantitative estimate of drug-likeness (QED) is 0.750. The van der Waals surface area contributed by atoms with Crippen LogP contribution in [0, 0.1) is 0 Å². The zero-order chi connectivity index (χ0) is 19.9. The minimum atomic E-state index is -4.38. The number of hydrogen-bond donors (Lipinski definition) is 1. The number of halogens is 3. The van der Waals surface area contributed by atoms with Crippen LogP contribution in [0.2, 0.25) is 0 Å². The number of nitrogens with one attached hydrogen (secondary N) is 1. The molecule has 0 aliphatic heterocycles. The van der Waals surface area contributed by atoms with E-state index < -0.39 is 17.2 Å². The van der Waals surface area contributed by atoms with E-state index >= 15 is 0 Å². The summed E-state index contributed by atoms with van der Waals surface area (Å²) in [5.74, 6) is 0.552. The molecule has 0 unspecified atom stereocenters. The summed E-state index contributed by atoms with van der Waals surface area (Å²) in [6.45, 7) is 0. The SMILES string of the molecule is O=C(CC1(c2ccc(C(F)(F)F)cc2)CCCC1)c1cc(=O)[nH]c(C2CC2)n1. The van der Waals surface area contributed by atoms with Gasteiger partial charge in [-0.1, -0.05) is 25.0 Å². The summed E-state index contributed by atoms with van der Waals surface area (Å²) >= 11 is 0. The molecule has 0 atom stereocenters. The molecule has 2 fully saturated rings. The first-order valence-electron chi connectivity index (χ1n) is 9.59. The minimum absolute atomic E-state index is 0.152. The topological polar surface area (TPSA) is 62.8 Å². The highest BCUT2D eigenvalue weighted by Crippen LogP contribution is 2.45. The minimum Gasteiger partial charge on any atom is -0.310 e. The molecule has 0 saturated heterocycles. The second-order valence-corrected chi connectivity index (χ2v) is 7.95. The first kappa shape index (κ1) is 18.9. The molecule has 4 nitrogen and oxygen atoms in total. The van der Waals surface area contributed by atoms with Crippen LogP contribution in [-0.4, -0.2) is 15.8 Å². The molecule has 2 aliphatic rings. The number of aromatic amines is 1. The molecule has 0 spiro atoms. The molecule has 2 aliphatic carbocycles. The number of carbonyl (C=O) groups is 1. The van der Waals surface area contributed by atoms with Crippen LogP contribution in [0.15, 0.2) is 35.1 Å². The number of carbonyl (C=O) groups excluding carboxylic acids is 1. The number of alkyl halides is 3. The van der Waals surface area contributed by atoms with Gasteiger partial charge in [0.05, 0.1) is 5.56 Å². The van der Waals surface area contributed by atoms with E-state index in [-0.39, 0.29) is 29.4 Å². The van der Waals surface area contributed by atoms with Crippen molar-refractivity contribution in [1.29, 1.82) is 0 Å². The average Bonchev–Trinajstić information content (AvgIpc) is 3.40. The summed E-state index contributed by atoms with van der Waals surface area (Å²) in [4.78, 5) is 31.9. The Balaban J connectivity index is 1.62.